The van der Waals surface area contributed by atoms with Crippen molar-refractivity contribution < 1.29 is 14.5 Å². The molecule has 0 spiro atoms. The minimum Gasteiger partial charge on any atom is -0.316 e. The van der Waals surface area contributed by atoms with Crippen molar-refractivity contribution >= 4 is 11.8 Å². The first-order valence-corrected chi connectivity index (χ1v) is 9.25. The van der Waals surface area contributed by atoms with Crippen LogP contribution in [-0.4, -0.2) is 30.4 Å². The molecule has 4 heteroatoms. The molecule has 2 atom stereocenters. The van der Waals surface area contributed by atoms with E-state index in [1.807, 2.05) is 37.4 Å². The normalized spacial score (nSPS) is 18.6. The van der Waals surface area contributed by atoms with Gasteiger partial charge < -0.3 is 4.90 Å². The number of hydrogen-bond acceptors (Lipinski definition) is 2. The largest absolute Gasteiger partial charge is 0.316 e. The van der Waals surface area contributed by atoms with E-state index in [4.69, 9.17) is 0 Å². The van der Waals surface area contributed by atoms with Crippen LogP contribution in [0.25, 0.3) is 0 Å². The van der Waals surface area contributed by atoms with E-state index < -0.39 is 0 Å². The summed E-state index contributed by atoms with van der Waals surface area (Å²) in [7, 11) is 2.02. The van der Waals surface area contributed by atoms with Gasteiger partial charge in [-0.15, -0.1) is 0 Å². The lowest BCUT2D eigenvalue weighted by atomic mass is 9.98. The van der Waals surface area contributed by atoms with Gasteiger partial charge in [-0.25, -0.2) is 4.90 Å². The Hall–Kier alpha value is -2.46. The van der Waals surface area contributed by atoms with Crippen LogP contribution >= 0.6 is 0 Å². The second-order valence-corrected chi connectivity index (χ2v) is 7.52. The minimum absolute atomic E-state index is 0.0710. The molecule has 1 aliphatic rings. The van der Waals surface area contributed by atoms with Crippen LogP contribution in [0.5, 0.6) is 0 Å². The zero-order valence-electron chi connectivity index (χ0n) is 15.7. The Morgan fingerprint density at radius 3 is 2.31 bits per heavy atom. The van der Waals surface area contributed by atoms with Gasteiger partial charge in [0.05, 0.1) is 13.0 Å². The molecule has 1 unspecified atom stereocenters. The monoisotopic (exact) mass is 351 g/mol. The van der Waals surface area contributed by atoms with Crippen molar-refractivity contribution in [3.63, 3.8) is 0 Å². The number of hydrogen-bond donors (Lipinski definition) is 1. The number of rotatable bonds is 6. The van der Waals surface area contributed by atoms with E-state index in [-0.39, 0.29) is 24.2 Å². The summed E-state index contributed by atoms with van der Waals surface area (Å²) >= 11 is 0. The van der Waals surface area contributed by atoms with E-state index in [0.29, 0.717) is 12.6 Å². The van der Waals surface area contributed by atoms with Gasteiger partial charge in [-0.1, -0.05) is 68.4 Å². The number of quaternary nitrogens is 1. The molecule has 0 aromatic heterocycles. The first kappa shape index (κ1) is 18.3. The summed E-state index contributed by atoms with van der Waals surface area (Å²) in [5.41, 5.74) is 3.46. The van der Waals surface area contributed by atoms with Crippen molar-refractivity contribution in [3.05, 3.63) is 71.3 Å². The van der Waals surface area contributed by atoms with Crippen molar-refractivity contribution in [1.29, 1.82) is 0 Å². The van der Waals surface area contributed by atoms with Crippen molar-refractivity contribution in [1.82, 2.24) is 4.90 Å². The molecule has 2 aromatic carbocycles. The fraction of sp³-hybridized carbons (Fsp3) is 0.364. The smallest absolute Gasteiger partial charge is 0.241 e. The number of nitrogens with zero attached hydrogens (tertiary/aromatic N) is 1. The fourth-order valence-electron chi connectivity index (χ4n) is 3.49. The van der Waals surface area contributed by atoms with Crippen molar-refractivity contribution in [3.8, 4) is 0 Å². The average Bonchev–Trinajstić information content (AvgIpc) is 2.91. The number of benzene rings is 2. The highest BCUT2D eigenvalue weighted by Crippen LogP contribution is 2.28. The fourth-order valence-corrected chi connectivity index (χ4v) is 3.49. The van der Waals surface area contributed by atoms with E-state index >= 15 is 0 Å². The SMILES string of the molecule is CC(C)c1ccc(C[NH+](C)CN2C(=O)C[C@@H](c3ccccc3)C2=O)cc1. The Kier molecular flexibility index (Phi) is 5.52. The van der Waals surface area contributed by atoms with Crippen LogP contribution in [0.3, 0.4) is 0 Å². The van der Waals surface area contributed by atoms with Crippen LogP contribution < -0.4 is 4.90 Å². The molecule has 136 valence electrons. The quantitative estimate of drug-likeness (QED) is 0.812. The van der Waals surface area contributed by atoms with E-state index in [1.54, 1.807) is 0 Å². The standard InChI is InChI=1S/C22H26N2O2/c1-16(2)18-11-9-17(10-12-18)14-23(3)15-24-21(25)13-20(22(24)26)19-7-5-4-6-8-19/h4-12,16,20H,13-15H2,1-3H3/p+1/t20-/m0/s1. The molecule has 3 rings (SSSR count). The number of likely N-dealkylation sites (tertiary alicyclic amines) is 1. The molecule has 1 N–H and O–H groups in total. The van der Waals surface area contributed by atoms with E-state index in [9.17, 15) is 9.59 Å². The Morgan fingerprint density at radius 2 is 1.69 bits per heavy atom. The van der Waals surface area contributed by atoms with Crippen LogP contribution in [0.15, 0.2) is 54.6 Å². The third kappa shape index (κ3) is 4.02. The lowest BCUT2D eigenvalue weighted by Gasteiger charge is -2.21. The third-order valence-electron chi connectivity index (χ3n) is 5.03. The van der Waals surface area contributed by atoms with Gasteiger partial charge >= 0.3 is 0 Å². The van der Waals surface area contributed by atoms with Gasteiger partial charge in [-0.2, -0.15) is 0 Å². The van der Waals surface area contributed by atoms with E-state index in [0.717, 1.165) is 17.0 Å². The van der Waals surface area contributed by atoms with Crippen molar-refractivity contribution in [2.24, 2.45) is 0 Å². The summed E-state index contributed by atoms with van der Waals surface area (Å²) in [6.45, 7) is 5.55. The predicted molar refractivity (Wildman–Crippen MR) is 102 cm³/mol. The van der Waals surface area contributed by atoms with Gasteiger partial charge in [0.15, 0.2) is 6.67 Å². The van der Waals surface area contributed by atoms with Gasteiger partial charge in [0.2, 0.25) is 11.8 Å². The van der Waals surface area contributed by atoms with Crippen LogP contribution in [0.4, 0.5) is 0 Å². The molecule has 1 aliphatic heterocycles. The Bertz CT molecular complexity index is 768. The molecule has 1 heterocycles. The lowest BCUT2D eigenvalue weighted by molar-refractivity contribution is -0.901. The second kappa shape index (κ2) is 7.83. The number of imide groups is 1. The Morgan fingerprint density at radius 1 is 1.04 bits per heavy atom. The molecular weight excluding hydrogens is 324 g/mol. The first-order valence-electron chi connectivity index (χ1n) is 9.25. The first-order chi connectivity index (χ1) is 12.5. The molecule has 0 saturated carbocycles. The number of carbonyl (C=O) groups excluding carboxylic acids is 2. The molecule has 26 heavy (non-hydrogen) atoms. The summed E-state index contributed by atoms with van der Waals surface area (Å²) in [5, 5.41) is 0. The average molecular weight is 351 g/mol. The predicted octanol–water partition coefficient (Wildman–Crippen LogP) is 2.32. The molecular formula is C22H27N2O2+. The molecule has 0 aliphatic carbocycles. The topological polar surface area (TPSA) is 41.8 Å². The van der Waals surface area contributed by atoms with Gasteiger partial charge in [0, 0.05) is 12.0 Å². The maximum atomic E-state index is 12.7. The minimum atomic E-state index is -0.332. The van der Waals surface area contributed by atoms with E-state index in [1.165, 1.54) is 16.0 Å². The number of nitrogens with one attached hydrogen (secondary N) is 1. The zero-order valence-corrected chi connectivity index (χ0v) is 15.7. The number of carbonyl (C=O) groups is 2. The summed E-state index contributed by atoms with van der Waals surface area (Å²) in [5.74, 6) is 0.0415. The molecule has 1 fully saturated rings. The molecule has 0 bridgehead atoms. The van der Waals surface area contributed by atoms with E-state index in [2.05, 4.69) is 38.1 Å². The number of amides is 2. The summed E-state index contributed by atoms with van der Waals surface area (Å²) in [4.78, 5) is 27.6. The van der Waals surface area contributed by atoms with Crippen LogP contribution in [0.1, 0.15) is 48.8 Å². The third-order valence-corrected chi connectivity index (χ3v) is 5.03. The highest BCUT2D eigenvalue weighted by Gasteiger charge is 2.40. The lowest BCUT2D eigenvalue weighted by Crippen LogP contribution is -3.09. The molecule has 2 amide bonds. The Labute approximate surface area is 155 Å². The molecule has 2 aromatic rings. The van der Waals surface area contributed by atoms with Crippen LogP contribution in [0.2, 0.25) is 0 Å². The maximum Gasteiger partial charge on any atom is 0.241 e. The van der Waals surface area contributed by atoms with Gasteiger partial charge in [-0.3, -0.25) is 9.59 Å². The summed E-state index contributed by atoms with van der Waals surface area (Å²) in [6.07, 6.45) is 0.277. The van der Waals surface area contributed by atoms with Gasteiger partial charge in [0.25, 0.3) is 0 Å². The van der Waals surface area contributed by atoms with Gasteiger partial charge in [-0.05, 0) is 17.0 Å². The highest BCUT2D eigenvalue weighted by atomic mass is 16.2. The Balaban J connectivity index is 1.62. The highest BCUT2D eigenvalue weighted by molar-refractivity contribution is 6.06. The molecule has 0 radical (unpaired) electrons. The maximum absolute atomic E-state index is 12.7. The molecule has 1 saturated heterocycles. The summed E-state index contributed by atoms with van der Waals surface area (Å²) < 4.78 is 0. The van der Waals surface area contributed by atoms with Crippen LogP contribution in [-0.2, 0) is 16.1 Å². The second-order valence-electron chi connectivity index (χ2n) is 7.52. The van der Waals surface area contributed by atoms with Gasteiger partial charge in [0.1, 0.15) is 6.54 Å². The molecule has 4 nitrogen and oxygen atoms in total. The summed E-state index contributed by atoms with van der Waals surface area (Å²) in [6, 6.07) is 18.2. The van der Waals surface area contributed by atoms with Crippen molar-refractivity contribution in [2.75, 3.05) is 13.7 Å². The van der Waals surface area contributed by atoms with Crippen molar-refractivity contribution in [2.45, 2.75) is 38.6 Å². The van der Waals surface area contributed by atoms with Crippen LogP contribution in [0, 0.1) is 0 Å². The zero-order chi connectivity index (χ0) is 18.7.